The van der Waals surface area contributed by atoms with Crippen LogP contribution in [0.25, 0.3) is 0 Å². The average Bonchev–Trinajstić information content (AvgIpc) is 2.35. The Morgan fingerprint density at radius 2 is 2.24 bits per heavy atom. The van der Waals surface area contributed by atoms with Gasteiger partial charge in [0.1, 0.15) is 4.99 Å². The van der Waals surface area contributed by atoms with Gasteiger partial charge >= 0.3 is 0 Å². The van der Waals surface area contributed by atoms with E-state index >= 15 is 0 Å². The highest BCUT2D eigenvalue weighted by molar-refractivity contribution is 7.80. The van der Waals surface area contributed by atoms with Gasteiger partial charge in [-0.3, -0.25) is 4.79 Å². The molecule has 0 aliphatic heterocycles. The molecule has 92 valence electrons. The summed E-state index contributed by atoms with van der Waals surface area (Å²) in [6.07, 6.45) is 0.463. The number of nitrogens with one attached hydrogen (secondary N) is 1. The van der Waals surface area contributed by atoms with Crippen LogP contribution in [0, 0.1) is 0 Å². The molecule has 0 aliphatic rings. The third kappa shape index (κ3) is 4.03. The predicted octanol–water partition coefficient (Wildman–Crippen LogP) is 0.893. The Balaban J connectivity index is 2.68. The molecule has 4 nitrogen and oxygen atoms in total. The van der Waals surface area contributed by atoms with Crippen LogP contribution in [0.1, 0.15) is 12.0 Å². The molecule has 1 aromatic carbocycles. The van der Waals surface area contributed by atoms with E-state index in [0.29, 0.717) is 18.0 Å². The van der Waals surface area contributed by atoms with Gasteiger partial charge in [-0.25, -0.2) is 0 Å². The topological polar surface area (TPSA) is 58.4 Å². The number of nitrogens with two attached hydrogens (primary N) is 1. The third-order valence-corrected chi connectivity index (χ3v) is 2.76. The number of nitrogens with zero attached hydrogens (tertiary/aromatic N) is 1. The number of benzene rings is 1. The molecule has 0 fully saturated rings. The Hall–Kier alpha value is -1.62. The van der Waals surface area contributed by atoms with Crippen LogP contribution in [-0.2, 0) is 4.79 Å². The van der Waals surface area contributed by atoms with E-state index in [9.17, 15) is 4.79 Å². The van der Waals surface area contributed by atoms with Crippen LogP contribution < -0.4 is 16.0 Å². The highest BCUT2D eigenvalue weighted by Gasteiger charge is 2.05. The Kier molecular flexibility index (Phi) is 4.90. The molecule has 17 heavy (non-hydrogen) atoms. The molecule has 0 bridgehead atoms. The summed E-state index contributed by atoms with van der Waals surface area (Å²) in [6, 6.07) is 7.66. The number of amides is 1. The maximum atomic E-state index is 11.1. The molecule has 0 saturated heterocycles. The summed E-state index contributed by atoms with van der Waals surface area (Å²) >= 11 is 4.93. The van der Waals surface area contributed by atoms with Crippen LogP contribution >= 0.6 is 12.2 Å². The average molecular weight is 251 g/mol. The number of rotatable bonds is 5. The molecule has 0 spiro atoms. The quantitative estimate of drug-likeness (QED) is 0.763. The molecule has 0 saturated carbocycles. The van der Waals surface area contributed by atoms with Crippen molar-refractivity contribution < 1.29 is 4.79 Å². The summed E-state index contributed by atoms with van der Waals surface area (Å²) in [6.45, 7) is 0.653. The molecule has 1 amide bonds. The van der Waals surface area contributed by atoms with Gasteiger partial charge in [0.2, 0.25) is 5.91 Å². The normalized spacial score (nSPS) is 9.76. The largest absolute Gasteiger partial charge is 0.389 e. The smallest absolute Gasteiger partial charge is 0.221 e. The van der Waals surface area contributed by atoms with Gasteiger partial charge in [-0.2, -0.15) is 0 Å². The molecular formula is C12H17N3OS. The lowest BCUT2D eigenvalue weighted by molar-refractivity contribution is -0.120. The Labute approximate surface area is 107 Å². The fourth-order valence-corrected chi connectivity index (χ4v) is 1.55. The highest BCUT2D eigenvalue weighted by atomic mass is 32.1. The van der Waals surface area contributed by atoms with Crippen molar-refractivity contribution >= 4 is 28.8 Å². The van der Waals surface area contributed by atoms with Crippen LogP contribution in [0.5, 0.6) is 0 Å². The van der Waals surface area contributed by atoms with E-state index in [1.54, 1.807) is 7.05 Å². The van der Waals surface area contributed by atoms with Crippen molar-refractivity contribution in [1.82, 2.24) is 5.32 Å². The first kappa shape index (κ1) is 13.4. The SMILES string of the molecule is CNC(=O)CCN(C)c1cccc(C(N)=S)c1. The number of carbonyl (C=O) groups is 1. The van der Waals surface area contributed by atoms with E-state index in [-0.39, 0.29) is 5.91 Å². The molecule has 0 aliphatic carbocycles. The second-order valence-corrected chi connectivity index (χ2v) is 4.20. The van der Waals surface area contributed by atoms with Gasteiger partial charge in [-0.05, 0) is 12.1 Å². The molecule has 0 heterocycles. The molecule has 0 radical (unpaired) electrons. The maximum absolute atomic E-state index is 11.1. The number of thiocarbonyl (C=S) groups is 1. The van der Waals surface area contributed by atoms with Gasteiger partial charge in [-0.1, -0.05) is 24.4 Å². The Morgan fingerprint density at radius 3 is 2.82 bits per heavy atom. The van der Waals surface area contributed by atoms with E-state index in [1.807, 2.05) is 36.2 Å². The summed E-state index contributed by atoms with van der Waals surface area (Å²) in [4.78, 5) is 13.5. The summed E-state index contributed by atoms with van der Waals surface area (Å²) in [5, 5.41) is 2.60. The van der Waals surface area contributed by atoms with Crippen molar-refractivity contribution in [3.05, 3.63) is 29.8 Å². The van der Waals surface area contributed by atoms with E-state index in [2.05, 4.69) is 5.32 Å². The van der Waals surface area contributed by atoms with E-state index < -0.39 is 0 Å². The summed E-state index contributed by atoms with van der Waals surface area (Å²) in [5.74, 6) is 0.0300. The maximum Gasteiger partial charge on any atom is 0.221 e. The molecular weight excluding hydrogens is 234 g/mol. The molecule has 5 heteroatoms. The summed E-state index contributed by atoms with van der Waals surface area (Å²) < 4.78 is 0. The van der Waals surface area contributed by atoms with E-state index in [1.165, 1.54) is 0 Å². The fraction of sp³-hybridized carbons (Fsp3) is 0.333. The fourth-order valence-electron chi connectivity index (χ4n) is 1.42. The van der Waals surface area contributed by atoms with Gasteiger partial charge in [-0.15, -0.1) is 0 Å². The van der Waals surface area contributed by atoms with Gasteiger partial charge < -0.3 is 16.0 Å². The van der Waals surface area contributed by atoms with Gasteiger partial charge in [0.15, 0.2) is 0 Å². The molecule has 0 aromatic heterocycles. The van der Waals surface area contributed by atoms with Gasteiger partial charge in [0.05, 0.1) is 0 Å². The number of anilines is 1. The Bertz CT molecular complexity index is 420. The zero-order valence-electron chi connectivity index (χ0n) is 10.1. The summed E-state index contributed by atoms with van der Waals surface area (Å²) in [7, 11) is 3.57. The van der Waals surface area contributed by atoms with Crippen molar-refractivity contribution in [3.8, 4) is 0 Å². The zero-order chi connectivity index (χ0) is 12.8. The van der Waals surface area contributed by atoms with Crippen molar-refractivity contribution in [2.24, 2.45) is 5.73 Å². The summed E-state index contributed by atoms with van der Waals surface area (Å²) in [5.41, 5.74) is 7.41. The van der Waals surface area contributed by atoms with Crippen LogP contribution in [0.3, 0.4) is 0 Å². The third-order valence-electron chi connectivity index (χ3n) is 2.52. The first-order valence-corrected chi connectivity index (χ1v) is 5.77. The monoisotopic (exact) mass is 251 g/mol. The van der Waals surface area contributed by atoms with Crippen molar-refractivity contribution in [3.63, 3.8) is 0 Å². The predicted molar refractivity (Wildman–Crippen MR) is 74.3 cm³/mol. The minimum Gasteiger partial charge on any atom is -0.389 e. The minimum atomic E-state index is 0.0300. The molecule has 1 rings (SSSR count). The second-order valence-electron chi connectivity index (χ2n) is 3.76. The van der Waals surface area contributed by atoms with Crippen LogP contribution in [0.2, 0.25) is 0 Å². The van der Waals surface area contributed by atoms with Crippen molar-refractivity contribution in [1.29, 1.82) is 0 Å². The van der Waals surface area contributed by atoms with Gasteiger partial charge in [0, 0.05) is 38.3 Å². The molecule has 0 atom stereocenters. The molecule has 0 unspecified atom stereocenters. The van der Waals surface area contributed by atoms with E-state index in [4.69, 9.17) is 18.0 Å². The zero-order valence-corrected chi connectivity index (χ0v) is 10.9. The highest BCUT2D eigenvalue weighted by Crippen LogP contribution is 2.14. The first-order chi connectivity index (χ1) is 8.04. The second kappa shape index (κ2) is 6.20. The minimum absolute atomic E-state index is 0.0300. The number of hydrogen-bond acceptors (Lipinski definition) is 3. The number of hydrogen-bond donors (Lipinski definition) is 2. The van der Waals surface area contributed by atoms with Gasteiger partial charge in [0.25, 0.3) is 0 Å². The van der Waals surface area contributed by atoms with Crippen LogP contribution in [0.4, 0.5) is 5.69 Å². The molecule has 3 N–H and O–H groups in total. The Morgan fingerprint density at radius 1 is 1.53 bits per heavy atom. The lowest BCUT2D eigenvalue weighted by Gasteiger charge is -2.19. The van der Waals surface area contributed by atoms with Crippen LogP contribution in [-0.4, -0.2) is 31.5 Å². The first-order valence-electron chi connectivity index (χ1n) is 5.36. The van der Waals surface area contributed by atoms with Crippen LogP contribution in [0.15, 0.2) is 24.3 Å². The lowest BCUT2D eigenvalue weighted by atomic mass is 10.2. The van der Waals surface area contributed by atoms with Crippen molar-refractivity contribution in [2.45, 2.75) is 6.42 Å². The number of carbonyl (C=O) groups excluding carboxylic acids is 1. The molecule has 1 aromatic rings. The van der Waals surface area contributed by atoms with E-state index in [0.717, 1.165) is 11.3 Å². The lowest BCUT2D eigenvalue weighted by Crippen LogP contribution is -2.26. The standard InChI is InChI=1S/C12H17N3OS/c1-14-11(16)6-7-15(2)10-5-3-4-9(8-10)12(13)17/h3-5,8H,6-7H2,1-2H3,(H2,13,17)(H,14,16). The van der Waals surface area contributed by atoms with Crippen molar-refractivity contribution in [2.75, 3.05) is 25.5 Å².